The van der Waals surface area contributed by atoms with Crippen LogP contribution < -0.4 is 39.2 Å². The summed E-state index contributed by atoms with van der Waals surface area (Å²) < 4.78 is 0. The summed E-state index contributed by atoms with van der Waals surface area (Å²) in [7, 11) is 0. The van der Waals surface area contributed by atoms with E-state index in [0.29, 0.717) is 0 Å². The van der Waals surface area contributed by atoms with Crippen LogP contribution in [0.1, 0.15) is 22.3 Å². The van der Waals surface area contributed by atoms with Gasteiger partial charge in [-0.3, -0.25) is 0 Å². The maximum absolute atomic E-state index is 2.55. The first-order valence-corrected chi connectivity index (χ1v) is 44.3. The second-order valence-electron chi connectivity index (χ2n) is 33.6. The summed E-state index contributed by atoms with van der Waals surface area (Å²) in [6.45, 7) is 0. The fourth-order valence-corrected chi connectivity index (χ4v) is 20.9. The van der Waals surface area contributed by atoms with Crippen LogP contribution in [-0.4, -0.2) is 0 Å². The van der Waals surface area contributed by atoms with E-state index in [0.717, 1.165) is 170 Å². The van der Waals surface area contributed by atoms with E-state index in [9.17, 15) is 0 Å². The number of anilines is 24. The fraction of sp³-hybridized carbons (Fsp3) is 0.00826. The van der Waals surface area contributed by atoms with E-state index in [2.05, 4.69) is 537 Å². The van der Waals surface area contributed by atoms with E-state index in [4.69, 9.17) is 0 Å². The van der Waals surface area contributed by atoms with Gasteiger partial charge < -0.3 is 39.2 Å². The van der Waals surface area contributed by atoms with Gasteiger partial charge >= 0.3 is 0 Å². The van der Waals surface area contributed by atoms with Crippen molar-refractivity contribution in [1.29, 1.82) is 0 Å². The van der Waals surface area contributed by atoms with Gasteiger partial charge in [0.25, 0.3) is 0 Å². The second kappa shape index (κ2) is 30.6. The Morgan fingerprint density at radius 3 is 0.450 bits per heavy atom. The Labute approximate surface area is 751 Å². The zero-order valence-corrected chi connectivity index (χ0v) is 70.4. The fourth-order valence-electron chi connectivity index (χ4n) is 20.9. The van der Waals surface area contributed by atoms with Crippen molar-refractivity contribution in [2.45, 2.75) is 5.41 Å². The van der Waals surface area contributed by atoms with Crippen LogP contribution in [0.3, 0.4) is 0 Å². The van der Waals surface area contributed by atoms with Gasteiger partial charge in [-0.25, -0.2) is 0 Å². The molecule has 25 rings (SSSR count). The standard InChI is InChI=1S/C121H82N8/c1-5-33-83(34-6-1)87-61-69-93(70-62-87)122-105-45-17-25-53-113(105)126(114-54-26-18-46-106(114)122)97-77-91(78-98(81-97)127-115-55-27-19-47-107(115)123(108-48-20-28-56-116(108)127)94-71-63-88(64-72-94)84-35-7-2-8-36-84)121(103-43-15-13-41-101(103)102-42-14-16-44-104(102)121)92-79-99(128-117-57-29-21-49-109(117)124(110-50-22-30-58-118(110)128)95-73-65-89(66-74-95)85-37-9-3-10-38-85)82-100(80-92)129-119-59-31-23-51-111(119)125(112-52-24-32-60-120(112)129)96-75-67-90(68-76-96)86-39-11-4-12-40-86/h1-82H. The van der Waals surface area contributed by atoms with E-state index in [1.165, 1.54) is 44.5 Å². The SMILES string of the molecule is c1ccc(-c2ccc(N3c4ccccc4N(c4cc(N5c6ccccc6N(c6ccc(-c7ccccc7)cc6)c6ccccc65)cc(C5(c6cc(N7c8ccccc8N(c8ccc(-c9ccccc9)cc8)c8ccccc87)cc(N7c8ccccc8N(c8ccc(-c9ccccc9)cc8)c8ccccc87)c6)c6ccccc6-c6ccccc65)c4)c4ccccc43)cc2)cc1. The van der Waals surface area contributed by atoms with E-state index in [1.807, 2.05) is 0 Å². The molecule has 0 atom stereocenters. The van der Waals surface area contributed by atoms with Gasteiger partial charge in [0.15, 0.2) is 0 Å². The Morgan fingerprint density at radius 1 is 0.116 bits per heavy atom. The normalized spacial score (nSPS) is 13.4. The highest BCUT2D eigenvalue weighted by Crippen LogP contribution is 2.65. The summed E-state index contributed by atoms with van der Waals surface area (Å²) in [4.78, 5) is 20.0. The number of nitrogens with zero attached hydrogens (tertiary/aromatic N) is 8. The minimum Gasteiger partial charge on any atom is -0.306 e. The van der Waals surface area contributed by atoms with Crippen molar-refractivity contribution in [3.8, 4) is 55.6 Å². The number of rotatable bonds is 14. The van der Waals surface area contributed by atoms with E-state index < -0.39 is 5.41 Å². The van der Waals surface area contributed by atoms with Gasteiger partial charge in [-0.05, 0) is 260 Å². The smallest absolute Gasteiger partial charge is 0.0716 e. The van der Waals surface area contributed by atoms with Crippen molar-refractivity contribution in [2.75, 3.05) is 39.2 Å². The first-order valence-electron chi connectivity index (χ1n) is 44.3. The predicted molar refractivity (Wildman–Crippen MR) is 537 cm³/mol. The molecule has 0 fully saturated rings. The van der Waals surface area contributed by atoms with Crippen molar-refractivity contribution in [2.24, 2.45) is 0 Å². The first kappa shape index (κ1) is 74.4. The first-order chi connectivity index (χ1) is 64.0. The number of hydrogen-bond donors (Lipinski definition) is 0. The molecule has 8 heteroatoms. The number of para-hydroxylation sites is 16. The average Bonchev–Trinajstić information content (AvgIpc) is 1.55. The number of hydrogen-bond acceptors (Lipinski definition) is 8. The van der Waals surface area contributed by atoms with Gasteiger partial charge in [-0.2, -0.15) is 0 Å². The van der Waals surface area contributed by atoms with E-state index >= 15 is 0 Å². The second-order valence-corrected chi connectivity index (χ2v) is 33.6. The van der Waals surface area contributed by atoms with Gasteiger partial charge in [0.1, 0.15) is 0 Å². The third-order valence-electron chi connectivity index (χ3n) is 26.5. The highest BCUT2D eigenvalue weighted by Gasteiger charge is 2.49. The molecule has 0 N–H and O–H groups in total. The molecule has 0 aromatic heterocycles. The highest BCUT2D eigenvalue weighted by atomic mass is 15.3. The molecule has 8 nitrogen and oxygen atoms in total. The Hall–Kier alpha value is -17.2. The molecular formula is C121H82N8. The summed E-state index contributed by atoms with van der Waals surface area (Å²) in [5.41, 5.74) is 40.0. The minimum absolute atomic E-state index is 0.986. The van der Waals surface area contributed by atoms with E-state index in [-0.39, 0.29) is 0 Å². The Bertz CT molecular complexity index is 6660. The average molecular weight is 1650 g/mol. The molecule has 0 amide bonds. The maximum atomic E-state index is 2.55. The van der Waals surface area contributed by atoms with Gasteiger partial charge in [0.2, 0.25) is 0 Å². The van der Waals surface area contributed by atoms with E-state index in [1.54, 1.807) is 0 Å². The molecule has 0 saturated heterocycles. The molecule has 0 bridgehead atoms. The highest BCUT2D eigenvalue weighted by molar-refractivity contribution is 6.09. The van der Waals surface area contributed by atoms with Crippen LogP contribution in [0.4, 0.5) is 136 Å². The largest absolute Gasteiger partial charge is 0.306 e. The summed E-state index contributed by atoms with van der Waals surface area (Å²) in [5.74, 6) is 0. The summed E-state index contributed by atoms with van der Waals surface area (Å²) in [5, 5.41) is 0. The lowest BCUT2D eigenvalue weighted by Crippen LogP contribution is -2.31. The molecule has 20 aromatic rings. The van der Waals surface area contributed by atoms with Gasteiger partial charge in [0.05, 0.1) is 96.4 Å². The Kier molecular flexibility index (Phi) is 17.7. The van der Waals surface area contributed by atoms with Crippen molar-refractivity contribution in [3.05, 3.63) is 520 Å². The zero-order chi connectivity index (χ0) is 85.0. The Balaban J connectivity index is 0.761. The maximum Gasteiger partial charge on any atom is 0.0716 e. The number of fused-ring (bicyclic) bond motifs is 11. The van der Waals surface area contributed by atoms with Gasteiger partial charge in [-0.15, -0.1) is 0 Å². The molecule has 0 spiro atoms. The van der Waals surface area contributed by atoms with Crippen LogP contribution >= 0.6 is 0 Å². The van der Waals surface area contributed by atoms with Crippen LogP contribution in [0.25, 0.3) is 55.6 Å². The third-order valence-corrected chi connectivity index (χ3v) is 26.5. The third kappa shape index (κ3) is 12.1. The minimum atomic E-state index is -1.10. The summed E-state index contributed by atoms with van der Waals surface area (Å²) in [6.07, 6.45) is 0. The molecular weight excluding hydrogens is 1570 g/mol. The molecule has 20 aromatic carbocycles. The molecule has 129 heavy (non-hydrogen) atoms. The van der Waals surface area contributed by atoms with Gasteiger partial charge in [0, 0.05) is 45.5 Å². The van der Waals surface area contributed by atoms with Crippen molar-refractivity contribution in [1.82, 2.24) is 0 Å². The van der Waals surface area contributed by atoms with Crippen LogP contribution in [-0.2, 0) is 5.41 Å². The van der Waals surface area contributed by atoms with Crippen molar-refractivity contribution >= 4 is 136 Å². The van der Waals surface area contributed by atoms with Gasteiger partial charge in [-0.1, -0.05) is 315 Å². The molecule has 0 unspecified atom stereocenters. The lowest BCUT2D eigenvalue weighted by atomic mass is 9.67. The molecule has 5 aliphatic rings. The lowest BCUT2D eigenvalue weighted by Gasteiger charge is -2.44. The zero-order valence-electron chi connectivity index (χ0n) is 70.4. The van der Waals surface area contributed by atoms with Crippen molar-refractivity contribution < 1.29 is 0 Å². The number of benzene rings is 20. The molecule has 606 valence electrons. The molecule has 0 saturated carbocycles. The monoisotopic (exact) mass is 1650 g/mol. The Morgan fingerprint density at radius 2 is 0.264 bits per heavy atom. The van der Waals surface area contributed by atoms with Crippen LogP contribution in [0, 0.1) is 0 Å². The van der Waals surface area contributed by atoms with Crippen LogP contribution in [0.15, 0.2) is 497 Å². The van der Waals surface area contributed by atoms with Crippen LogP contribution in [0.5, 0.6) is 0 Å². The quantitative estimate of drug-likeness (QED) is 0.106. The van der Waals surface area contributed by atoms with Crippen molar-refractivity contribution in [3.63, 3.8) is 0 Å². The predicted octanol–water partition coefficient (Wildman–Crippen LogP) is 33.7. The summed E-state index contributed by atoms with van der Waals surface area (Å²) in [6, 6.07) is 185. The molecule has 1 aliphatic carbocycles. The molecule has 0 radical (unpaired) electrons. The molecule has 4 aliphatic heterocycles. The molecule has 4 heterocycles. The van der Waals surface area contributed by atoms with Crippen LogP contribution in [0.2, 0.25) is 0 Å². The lowest BCUT2D eigenvalue weighted by molar-refractivity contribution is 0.768. The topological polar surface area (TPSA) is 25.9 Å². The summed E-state index contributed by atoms with van der Waals surface area (Å²) >= 11 is 0.